The van der Waals surface area contributed by atoms with Gasteiger partial charge in [-0.2, -0.15) is 15.0 Å². The molecule has 1 fully saturated rings. The first-order valence-electron chi connectivity index (χ1n) is 6.14. The second-order valence-corrected chi connectivity index (χ2v) is 4.43. The van der Waals surface area contributed by atoms with E-state index >= 15 is 0 Å². The summed E-state index contributed by atoms with van der Waals surface area (Å²) in [5.74, 6) is 0. The van der Waals surface area contributed by atoms with E-state index < -0.39 is 0 Å². The third-order valence-electron chi connectivity index (χ3n) is 3.03. The third-order valence-corrected chi connectivity index (χ3v) is 3.03. The molecule has 18 heavy (non-hydrogen) atoms. The summed E-state index contributed by atoms with van der Waals surface area (Å²) >= 11 is 0. The number of aromatic nitrogens is 3. The predicted molar refractivity (Wildman–Crippen MR) is 67.7 cm³/mol. The van der Waals surface area contributed by atoms with Gasteiger partial charge < -0.3 is 10.1 Å². The first-order chi connectivity index (χ1) is 8.83. The molecule has 1 N–H and O–H groups in total. The maximum absolute atomic E-state index is 5.71. The Kier molecular flexibility index (Phi) is 3.08. The van der Waals surface area contributed by atoms with Crippen molar-refractivity contribution < 1.29 is 4.74 Å². The number of nitrogens with one attached hydrogen (secondary N) is 1. The highest BCUT2D eigenvalue weighted by Gasteiger charge is 2.15. The van der Waals surface area contributed by atoms with E-state index in [4.69, 9.17) is 4.74 Å². The summed E-state index contributed by atoms with van der Waals surface area (Å²) in [6.07, 6.45) is 1.90. The number of morpholine rings is 1. The van der Waals surface area contributed by atoms with Crippen LogP contribution in [-0.2, 0) is 4.74 Å². The minimum absolute atomic E-state index is 0.153. The maximum atomic E-state index is 5.71. The Morgan fingerprint density at radius 2 is 2.17 bits per heavy atom. The SMILES string of the molecule is Cc1cnn(-c2ccc(C3CNCCO3)cc2)n1. The molecule has 0 amide bonds. The van der Waals surface area contributed by atoms with Crippen molar-refractivity contribution in [2.24, 2.45) is 0 Å². The van der Waals surface area contributed by atoms with Gasteiger partial charge in [-0.25, -0.2) is 0 Å². The molecule has 0 bridgehead atoms. The summed E-state index contributed by atoms with van der Waals surface area (Å²) in [7, 11) is 0. The van der Waals surface area contributed by atoms with Crippen molar-refractivity contribution in [3.63, 3.8) is 0 Å². The summed E-state index contributed by atoms with van der Waals surface area (Å²) in [4.78, 5) is 1.64. The Labute approximate surface area is 106 Å². The number of aryl methyl sites for hydroxylation is 1. The van der Waals surface area contributed by atoms with Gasteiger partial charge in [0.2, 0.25) is 0 Å². The van der Waals surface area contributed by atoms with Crippen LogP contribution in [0.15, 0.2) is 30.5 Å². The summed E-state index contributed by atoms with van der Waals surface area (Å²) < 4.78 is 5.71. The molecule has 1 aromatic heterocycles. The Bertz CT molecular complexity index is 514. The second-order valence-electron chi connectivity index (χ2n) is 4.43. The number of benzene rings is 1. The van der Waals surface area contributed by atoms with Crippen molar-refractivity contribution in [1.29, 1.82) is 0 Å². The lowest BCUT2D eigenvalue weighted by atomic mass is 10.1. The number of ether oxygens (including phenoxy) is 1. The Morgan fingerprint density at radius 3 is 2.78 bits per heavy atom. The average molecular weight is 244 g/mol. The summed E-state index contributed by atoms with van der Waals surface area (Å²) in [5.41, 5.74) is 3.07. The molecule has 1 unspecified atom stereocenters. The van der Waals surface area contributed by atoms with Crippen LogP contribution in [0.4, 0.5) is 0 Å². The van der Waals surface area contributed by atoms with Gasteiger partial charge in [-0.3, -0.25) is 0 Å². The monoisotopic (exact) mass is 244 g/mol. The third kappa shape index (κ3) is 2.27. The average Bonchev–Trinajstić information content (AvgIpc) is 2.87. The number of nitrogens with zero attached hydrogens (tertiary/aromatic N) is 3. The van der Waals surface area contributed by atoms with Gasteiger partial charge in [0.1, 0.15) is 0 Å². The van der Waals surface area contributed by atoms with E-state index in [2.05, 4.69) is 27.6 Å². The highest BCUT2D eigenvalue weighted by atomic mass is 16.5. The lowest BCUT2D eigenvalue weighted by Gasteiger charge is -2.23. The van der Waals surface area contributed by atoms with Gasteiger partial charge in [0, 0.05) is 13.1 Å². The van der Waals surface area contributed by atoms with Crippen LogP contribution in [0.5, 0.6) is 0 Å². The molecule has 2 heterocycles. The fraction of sp³-hybridized carbons (Fsp3) is 0.385. The molecule has 0 radical (unpaired) electrons. The van der Waals surface area contributed by atoms with Crippen molar-refractivity contribution >= 4 is 0 Å². The van der Waals surface area contributed by atoms with E-state index in [1.165, 1.54) is 5.56 Å². The van der Waals surface area contributed by atoms with Gasteiger partial charge in [-0.1, -0.05) is 12.1 Å². The van der Waals surface area contributed by atoms with Gasteiger partial charge in [-0.05, 0) is 24.6 Å². The van der Waals surface area contributed by atoms with Gasteiger partial charge in [0.25, 0.3) is 0 Å². The van der Waals surface area contributed by atoms with E-state index in [9.17, 15) is 0 Å². The number of hydrogen-bond acceptors (Lipinski definition) is 4. The van der Waals surface area contributed by atoms with E-state index in [1.807, 2.05) is 19.1 Å². The molecular weight excluding hydrogens is 228 g/mol. The summed E-state index contributed by atoms with van der Waals surface area (Å²) in [6.45, 7) is 4.51. The molecule has 0 saturated carbocycles. The number of rotatable bonds is 2. The summed E-state index contributed by atoms with van der Waals surface area (Å²) in [6, 6.07) is 8.19. The smallest absolute Gasteiger partial charge is 0.0949 e. The molecule has 5 nitrogen and oxygen atoms in total. The van der Waals surface area contributed by atoms with Gasteiger partial charge in [-0.15, -0.1) is 0 Å². The maximum Gasteiger partial charge on any atom is 0.0949 e. The topological polar surface area (TPSA) is 52.0 Å². The lowest BCUT2D eigenvalue weighted by Crippen LogP contribution is -2.33. The Morgan fingerprint density at radius 1 is 1.33 bits per heavy atom. The molecule has 1 atom stereocenters. The Hall–Kier alpha value is -1.72. The van der Waals surface area contributed by atoms with Crippen molar-refractivity contribution in [3.8, 4) is 5.69 Å². The van der Waals surface area contributed by atoms with Gasteiger partial charge >= 0.3 is 0 Å². The molecule has 1 aliphatic heterocycles. The van der Waals surface area contributed by atoms with E-state index in [-0.39, 0.29) is 6.10 Å². The van der Waals surface area contributed by atoms with Crippen LogP contribution in [0.3, 0.4) is 0 Å². The molecular formula is C13H16N4O. The normalized spacial score (nSPS) is 19.9. The fourth-order valence-corrected chi connectivity index (χ4v) is 2.07. The largest absolute Gasteiger partial charge is 0.371 e. The molecule has 5 heteroatoms. The van der Waals surface area contributed by atoms with Crippen LogP contribution < -0.4 is 5.32 Å². The fourth-order valence-electron chi connectivity index (χ4n) is 2.07. The molecule has 94 valence electrons. The molecule has 3 rings (SSSR count). The highest BCUT2D eigenvalue weighted by Crippen LogP contribution is 2.19. The van der Waals surface area contributed by atoms with Gasteiger partial charge in [0.15, 0.2) is 0 Å². The lowest BCUT2D eigenvalue weighted by molar-refractivity contribution is 0.0277. The van der Waals surface area contributed by atoms with Gasteiger partial charge in [0.05, 0.1) is 30.3 Å². The zero-order chi connectivity index (χ0) is 12.4. The van der Waals surface area contributed by atoms with Crippen LogP contribution in [0.1, 0.15) is 17.4 Å². The molecule has 1 saturated heterocycles. The van der Waals surface area contributed by atoms with Crippen molar-refractivity contribution in [3.05, 3.63) is 41.7 Å². The Balaban J connectivity index is 1.80. The van der Waals surface area contributed by atoms with E-state index in [1.54, 1.807) is 11.0 Å². The van der Waals surface area contributed by atoms with E-state index in [0.29, 0.717) is 0 Å². The molecule has 1 aliphatic rings. The molecule has 2 aromatic rings. The minimum Gasteiger partial charge on any atom is -0.371 e. The molecule has 0 aliphatic carbocycles. The molecule has 1 aromatic carbocycles. The summed E-state index contributed by atoms with van der Waals surface area (Å²) in [5, 5.41) is 11.8. The van der Waals surface area contributed by atoms with Crippen LogP contribution in [0.25, 0.3) is 5.69 Å². The van der Waals surface area contributed by atoms with Crippen molar-refractivity contribution in [2.75, 3.05) is 19.7 Å². The van der Waals surface area contributed by atoms with Crippen LogP contribution in [0.2, 0.25) is 0 Å². The zero-order valence-corrected chi connectivity index (χ0v) is 10.3. The van der Waals surface area contributed by atoms with Crippen molar-refractivity contribution in [1.82, 2.24) is 20.3 Å². The van der Waals surface area contributed by atoms with Crippen LogP contribution >= 0.6 is 0 Å². The van der Waals surface area contributed by atoms with Crippen LogP contribution in [-0.4, -0.2) is 34.7 Å². The zero-order valence-electron chi connectivity index (χ0n) is 10.3. The van der Waals surface area contributed by atoms with Crippen LogP contribution in [0, 0.1) is 6.92 Å². The highest BCUT2D eigenvalue weighted by molar-refractivity contribution is 5.33. The quantitative estimate of drug-likeness (QED) is 0.863. The first kappa shape index (κ1) is 11.4. The molecule has 0 spiro atoms. The standard InChI is InChI=1S/C13H16N4O/c1-10-8-15-17(16-10)12-4-2-11(3-5-12)13-9-14-6-7-18-13/h2-5,8,13-14H,6-7,9H2,1H3. The minimum atomic E-state index is 0.153. The predicted octanol–water partition coefficient (Wildman–Crippen LogP) is 1.24. The number of hydrogen-bond donors (Lipinski definition) is 1. The first-order valence-corrected chi connectivity index (χ1v) is 6.14. The van der Waals surface area contributed by atoms with Crippen molar-refractivity contribution in [2.45, 2.75) is 13.0 Å². The van der Waals surface area contributed by atoms with E-state index in [0.717, 1.165) is 31.1 Å². The second kappa shape index (κ2) is 4.88.